The molecule has 2 unspecified atom stereocenters. The quantitative estimate of drug-likeness (QED) is 0.301. The minimum absolute atomic E-state index is 0.0368. The van der Waals surface area contributed by atoms with Crippen molar-refractivity contribution in [3.8, 4) is 0 Å². The standard InChI is InChI=1S/C28H31BrClN3O4S/c1-4-20(2)31-28(35)21(3)32(18-22-13-15-23(29)16-14-22)27(34)19-33(25-10-8-9-24(30)17-25)38(36,37)26-11-6-5-7-12-26/h5-17,20-21H,4,18-19H2,1-3H3,(H,31,35). The number of rotatable bonds is 11. The summed E-state index contributed by atoms with van der Waals surface area (Å²) < 4.78 is 29.3. The number of nitrogens with zero attached hydrogens (tertiary/aromatic N) is 2. The van der Waals surface area contributed by atoms with Crippen LogP contribution in [0.15, 0.2) is 88.2 Å². The molecule has 0 aromatic heterocycles. The Bertz CT molecular complexity index is 1350. The molecule has 0 saturated carbocycles. The van der Waals surface area contributed by atoms with Crippen molar-refractivity contribution in [2.75, 3.05) is 10.8 Å². The Morgan fingerprint density at radius 3 is 2.24 bits per heavy atom. The van der Waals surface area contributed by atoms with Gasteiger partial charge in [-0.3, -0.25) is 13.9 Å². The van der Waals surface area contributed by atoms with E-state index in [2.05, 4.69) is 21.2 Å². The molecule has 3 rings (SSSR count). The molecule has 0 radical (unpaired) electrons. The van der Waals surface area contributed by atoms with Gasteiger partial charge < -0.3 is 10.2 Å². The maximum Gasteiger partial charge on any atom is 0.264 e. The highest BCUT2D eigenvalue weighted by atomic mass is 79.9. The molecule has 2 atom stereocenters. The lowest BCUT2D eigenvalue weighted by Crippen LogP contribution is -2.52. The molecular weight excluding hydrogens is 590 g/mol. The van der Waals surface area contributed by atoms with Gasteiger partial charge in [-0.15, -0.1) is 0 Å². The third-order valence-electron chi connectivity index (χ3n) is 6.14. The Hall–Kier alpha value is -2.88. The smallest absolute Gasteiger partial charge is 0.264 e. The van der Waals surface area contributed by atoms with Crippen molar-refractivity contribution in [1.29, 1.82) is 0 Å². The predicted molar refractivity (Wildman–Crippen MR) is 154 cm³/mol. The van der Waals surface area contributed by atoms with E-state index in [4.69, 9.17) is 11.6 Å². The van der Waals surface area contributed by atoms with Gasteiger partial charge in [0.25, 0.3) is 10.0 Å². The molecule has 10 heteroatoms. The van der Waals surface area contributed by atoms with Crippen LogP contribution in [0.4, 0.5) is 5.69 Å². The number of sulfonamides is 1. The third kappa shape index (κ3) is 7.58. The number of hydrogen-bond acceptors (Lipinski definition) is 4. The van der Waals surface area contributed by atoms with Crippen molar-refractivity contribution in [1.82, 2.24) is 10.2 Å². The number of halogens is 2. The summed E-state index contributed by atoms with van der Waals surface area (Å²) in [6, 6.07) is 20.7. The lowest BCUT2D eigenvalue weighted by molar-refractivity contribution is -0.139. The van der Waals surface area contributed by atoms with Crippen molar-refractivity contribution >= 4 is 55.1 Å². The molecule has 2 amide bonds. The number of nitrogens with one attached hydrogen (secondary N) is 1. The van der Waals surface area contributed by atoms with Gasteiger partial charge in [-0.25, -0.2) is 8.42 Å². The minimum atomic E-state index is -4.13. The van der Waals surface area contributed by atoms with Crippen molar-refractivity contribution in [2.24, 2.45) is 0 Å². The Labute approximate surface area is 238 Å². The molecule has 3 aromatic carbocycles. The van der Waals surface area contributed by atoms with E-state index < -0.39 is 28.5 Å². The van der Waals surface area contributed by atoms with Crippen molar-refractivity contribution in [3.63, 3.8) is 0 Å². The first-order valence-corrected chi connectivity index (χ1v) is 14.8. The second-order valence-electron chi connectivity index (χ2n) is 8.95. The van der Waals surface area contributed by atoms with Crippen molar-refractivity contribution in [3.05, 3.63) is 93.9 Å². The number of benzene rings is 3. The van der Waals surface area contributed by atoms with E-state index in [1.54, 1.807) is 43.3 Å². The van der Waals surface area contributed by atoms with Gasteiger partial charge >= 0.3 is 0 Å². The molecule has 0 heterocycles. The fraction of sp³-hybridized carbons (Fsp3) is 0.286. The van der Waals surface area contributed by atoms with Gasteiger partial charge in [0.05, 0.1) is 10.6 Å². The van der Waals surface area contributed by atoms with E-state index in [9.17, 15) is 18.0 Å². The van der Waals surface area contributed by atoms with Crippen LogP contribution in [0.5, 0.6) is 0 Å². The largest absolute Gasteiger partial charge is 0.352 e. The molecule has 3 aromatic rings. The van der Waals surface area contributed by atoms with Gasteiger partial charge in [0.1, 0.15) is 12.6 Å². The fourth-order valence-electron chi connectivity index (χ4n) is 3.71. The normalized spacial score (nSPS) is 12.9. The van der Waals surface area contributed by atoms with E-state index in [1.807, 2.05) is 38.1 Å². The summed E-state index contributed by atoms with van der Waals surface area (Å²) in [5, 5.41) is 3.25. The molecule has 0 aliphatic heterocycles. The number of carbonyl (C=O) groups is 2. The predicted octanol–water partition coefficient (Wildman–Crippen LogP) is 5.63. The van der Waals surface area contributed by atoms with E-state index >= 15 is 0 Å². The highest BCUT2D eigenvalue weighted by Crippen LogP contribution is 2.27. The van der Waals surface area contributed by atoms with Gasteiger partial charge in [-0.05, 0) is 68.3 Å². The van der Waals surface area contributed by atoms with Crippen LogP contribution in [-0.2, 0) is 26.2 Å². The first kappa shape index (κ1) is 29.7. The third-order valence-corrected chi connectivity index (χ3v) is 8.69. The lowest BCUT2D eigenvalue weighted by atomic mass is 10.1. The minimum Gasteiger partial charge on any atom is -0.352 e. The molecule has 38 heavy (non-hydrogen) atoms. The lowest BCUT2D eigenvalue weighted by Gasteiger charge is -2.32. The molecule has 0 aliphatic rings. The molecule has 0 bridgehead atoms. The topological polar surface area (TPSA) is 86.8 Å². The van der Waals surface area contributed by atoms with Gasteiger partial charge in [-0.2, -0.15) is 0 Å². The maximum absolute atomic E-state index is 13.9. The van der Waals surface area contributed by atoms with Crippen LogP contribution in [0.3, 0.4) is 0 Å². The van der Waals surface area contributed by atoms with E-state index in [1.165, 1.54) is 23.1 Å². The van der Waals surface area contributed by atoms with Crippen LogP contribution >= 0.6 is 27.5 Å². The van der Waals surface area contributed by atoms with Crippen LogP contribution < -0.4 is 9.62 Å². The molecule has 0 aliphatic carbocycles. The summed E-state index contributed by atoms with van der Waals surface area (Å²) in [6.07, 6.45) is 0.733. The van der Waals surface area contributed by atoms with Crippen molar-refractivity contribution in [2.45, 2.75) is 50.7 Å². The summed E-state index contributed by atoms with van der Waals surface area (Å²) >= 11 is 9.59. The first-order valence-electron chi connectivity index (χ1n) is 12.2. The SMILES string of the molecule is CCC(C)NC(=O)C(C)N(Cc1ccc(Br)cc1)C(=O)CN(c1cccc(Cl)c1)S(=O)(=O)c1ccccc1. The van der Waals surface area contributed by atoms with Crippen molar-refractivity contribution < 1.29 is 18.0 Å². The molecule has 0 saturated heterocycles. The highest BCUT2D eigenvalue weighted by Gasteiger charge is 2.32. The number of carbonyl (C=O) groups excluding carboxylic acids is 2. The summed E-state index contributed by atoms with van der Waals surface area (Å²) in [6.45, 7) is 5.09. The molecule has 0 fully saturated rings. The number of anilines is 1. The van der Waals surface area contributed by atoms with E-state index in [0.29, 0.717) is 5.02 Å². The van der Waals surface area contributed by atoms with E-state index in [-0.39, 0.29) is 29.1 Å². The summed E-state index contributed by atoms with van der Waals surface area (Å²) in [5.74, 6) is -0.843. The van der Waals surface area contributed by atoms with Crippen LogP contribution in [0.2, 0.25) is 5.02 Å². The van der Waals surface area contributed by atoms with Crippen LogP contribution in [0.1, 0.15) is 32.8 Å². The highest BCUT2D eigenvalue weighted by molar-refractivity contribution is 9.10. The average Bonchev–Trinajstić information content (AvgIpc) is 2.91. The molecular formula is C28H31BrClN3O4S. The van der Waals surface area contributed by atoms with Gasteiger partial charge in [0, 0.05) is 22.1 Å². The second kappa shape index (κ2) is 13.3. The van der Waals surface area contributed by atoms with Crippen LogP contribution in [0.25, 0.3) is 0 Å². The number of amides is 2. The zero-order valence-corrected chi connectivity index (χ0v) is 24.6. The fourth-order valence-corrected chi connectivity index (χ4v) is 5.59. The monoisotopic (exact) mass is 619 g/mol. The van der Waals surface area contributed by atoms with Gasteiger partial charge in [0.2, 0.25) is 11.8 Å². The Morgan fingerprint density at radius 2 is 1.63 bits per heavy atom. The zero-order valence-electron chi connectivity index (χ0n) is 21.5. The number of hydrogen-bond donors (Lipinski definition) is 1. The molecule has 7 nitrogen and oxygen atoms in total. The van der Waals surface area contributed by atoms with Crippen LogP contribution in [0, 0.1) is 0 Å². The van der Waals surface area contributed by atoms with Crippen LogP contribution in [-0.4, -0.2) is 43.8 Å². The molecule has 202 valence electrons. The Morgan fingerprint density at radius 1 is 0.974 bits per heavy atom. The maximum atomic E-state index is 13.9. The van der Waals surface area contributed by atoms with Gasteiger partial charge in [0.15, 0.2) is 0 Å². The summed E-state index contributed by atoms with van der Waals surface area (Å²) in [5.41, 5.74) is 1.04. The molecule has 1 N–H and O–H groups in total. The zero-order chi connectivity index (χ0) is 27.9. The Kier molecular flexibility index (Phi) is 10.4. The van der Waals surface area contributed by atoms with Gasteiger partial charge in [-0.1, -0.05) is 70.9 Å². The second-order valence-corrected chi connectivity index (χ2v) is 12.2. The average molecular weight is 621 g/mol. The molecule has 0 spiro atoms. The first-order chi connectivity index (χ1) is 18.0. The summed E-state index contributed by atoms with van der Waals surface area (Å²) in [4.78, 5) is 28.4. The van der Waals surface area contributed by atoms with E-state index in [0.717, 1.165) is 20.8 Å². The Balaban J connectivity index is 2.01. The summed E-state index contributed by atoms with van der Waals surface area (Å²) in [7, 11) is -4.13.